The number of nitrogens with zero attached hydrogens (tertiary/aromatic N) is 5. The van der Waals surface area contributed by atoms with Crippen LogP contribution >= 0.6 is 11.6 Å². The minimum atomic E-state index is -4.20. The lowest BCUT2D eigenvalue weighted by atomic mass is 9.33. The molecule has 0 aliphatic heterocycles. The zero-order chi connectivity index (χ0) is 26.6. The number of pyridine rings is 2. The maximum Gasteiger partial charge on any atom is 0.394 e. The van der Waals surface area contributed by atoms with Crippen molar-refractivity contribution in [3.8, 4) is 11.4 Å². The third kappa shape index (κ3) is 4.49. The molecular formula is C25H23ClF3N5O3. The summed E-state index contributed by atoms with van der Waals surface area (Å²) in [6.45, 7) is 1.69. The molecule has 0 spiro atoms. The maximum atomic E-state index is 13.1. The van der Waals surface area contributed by atoms with E-state index in [1.54, 1.807) is 44.4 Å². The Balaban J connectivity index is 1.23. The minimum Gasteiger partial charge on any atom is -0.457 e. The van der Waals surface area contributed by atoms with Crippen LogP contribution in [0.3, 0.4) is 0 Å². The van der Waals surface area contributed by atoms with E-state index < -0.39 is 29.1 Å². The number of carbonyl (C=O) groups is 2. The van der Waals surface area contributed by atoms with Gasteiger partial charge in [0.25, 0.3) is 0 Å². The Morgan fingerprint density at radius 1 is 1.19 bits per heavy atom. The molecule has 3 saturated carbocycles. The van der Waals surface area contributed by atoms with Crippen molar-refractivity contribution in [2.45, 2.75) is 51.3 Å². The van der Waals surface area contributed by atoms with E-state index in [1.807, 2.05) is 0 Å². The van der Waals surface area contributed by atoms with Crippen molar-refractivity contribution < 1.29 is 27.5 Å². The summed E-state index contributed by atoms with van der Waals surface area (Å²) >= 11 is 6.08. The van der Waals surface area contributed by atoms with Crippen LogP contribution in [0.5, 0.6) is 0 Å². The SMILES string of the molecule is C[C@@H](OC(=O)Cc1c(-c2ccc(C(=O)CC34CC(C(F)(F)F)(C3)C4)cn2)nnn1C)c1cccnc1Cl. The summed E-state index contributed by atoms with van der Waals surface area (Å²) in [6, 6.07) is 6.57. The maximum absolute atomic E-state index is 13.1. The molecule has 194 valence electrons. The second-order valence-corrected chi connectivity index (χ2v) is 10.4. The topological polar surface area (TPSA) is 99.9 Å². The van der Waals surface area contributed by atoms with Crippen molar-refractivity contribution in [1.29, 1.82) is 0 Å². The van der Waals surface area contributed by atoms with Gasteiger partial charge in [-0.1, -0.05) is 22.9 Å². The molecule has 8 nitrogen and oxygen atoms in total. The molecule has 3 aromatic heterocycles. The Morgan fingerprint density at radius 2 is 1.92 bits per heavy atom. The molecule has 0 saturated heterocycles. The van der Waals surface area contributed by atoms with E-state index in [4.69, 9.17) is 16.3 Å². The summed E-state index contributed by atoms with van der Waals surface area (Å²) in [5, 5.41) is 8.34. The van der Waals surface area contributed by atoms with Gasteiger partial charge in [-0.2, -0.15) is 13.2 Å². The first-order chi connectivity index (χ1) is 17.4. The van der Waals surface area contributed by atoms with Gasteiger partial charge in [0.1, 0.15) is 17.0 Å². The molecule has 12 heteroatoms. The first-order valence-electron chi connectivity index (χ1n) is 11.7. The van der Waals surface area contributed by atoms with Crippen LogP contribution in [0.2, 0.25) is 5.15 Å². The molecule has 2 bridgehead atoms. The van der Waals surface area contributed by atoms with Crippen molar-refractivity contribution in [3.05, 3.63) is 58.6 Å². The number of ether oxygens (including phenoxy) is 1. The fourth-order valence-electron chi connectivity index (χ4n) is 5.54. The van der Waals surface area contributed by atoms with Crippen LogP contribution in [-0.4, -0.2) is 42.9 Å². The van der Waals surface area contributed by atoms with E-state index in [2.05, 4.69) is 20.3 Å². The van der Waals surface area contributed by atoms with Crippen molar-refractivity contribution in [2.24, 2.45) is 17.9 Å². The normalized spacial score (nSPS) is 23.1. The summed E-state index contributed by atoms with van der Waals surface area (Å²) < 4.78 is 46.2. The van der Waals surface area contributed by atoms with Gasteiger partial charge in [0, 0.05) is 37.0 Å². The van der Waals surface area contributed by atoms with Crippen LogP contribution < -0.4 is 0 Å². The molecule has 0 N–H and O–H groups in total. The van der Waals surface area contributed by atoms with E-state index in [1.165, 1.54) is 10.9 Å². The second-order valence-electron chi connectivity index (χ2n) is 10.0. The van der Waals surface area contributed by atoms with Crippen molar-refractivity contribution in [2.75, 3.05) is 0 Å². The Kier molecular flexibility index (Phi) is 6.09. The average molecular weight is 534 g/mol. The minimum absolute atomic E-state index is 0.0193. The van der Waals surface area contributed by atoms with Crippen molar-refractivity contribution >= 4 is 23.4 Å². The standard InChI is InChI=1S/C25H23ClF3N5O3/c1-14(16-4-3-7-30-22(16)26)37-20(36)8-18-21(32-33-34(18)2)17-6-5-15(10-31-17)19(35)9-23-11-24(12-23,13-23)25(27,28)29/h3-7,10,14H,8-9,11-13H2,1-2H3/t14-,23?,24?/m1/s1. The molecule has 6 rings (SSSR count). The Labute approximate surface area is 215 Å². The van der Waals surface area contributed by atoms with E-state index in [0.29, 0.717) is 28.2 Å². The lowest BCUT2D eigenvalue weighted by Gasteiger charge is -2.70. The Morgan fingerprint density at radius 3 is 2.54 bits per heavy atom. The average Bonchev–Trinajstić information content (AvgIpc) is 3.14. The van der Waals surface area contributed by atoms with Crippen LogP contribution in [0.15, 0.2) is 36.7 Å². The molecule has 3 heterocycles. The molecule has 3 aliphatic carbocycles. The number of ketones is 1. The van der Waals surface area contributed by atoms with Gasteiger partial charge in [-0.15, -0.1) is 5.10 Å². The zero-order valence-electron chi connectivity index (χ0n) is 20.0. The number of esters is 1. The summed E-state index contributed by atoms with van der Waals surface area (Å²) in [4.78, 5) is 33.7. The van der Waals surface area contributed by atoms with E-state index in [9.17, 15) is 22.8 Å². The molecule has 37 heavy (non-hydrogen) atoms. The predicted octanol–water partition coefficient (Wildman–Crippen LogP) is 5.08. The van der Waals surface area contributed by atoms with Crippen LogP contribution in [0, 0.1) is 10.8 Å². The van der Waals surface area contributed by atoms with Crippen LogP contribution in [0.1, 0.15) is 60.3 Å². The highest BCUT2D eigenvalue weighted by molar-refractivity contribution is 6.30. The molecule has 0 unspecified atom stereocenters. The van der Waals surface area contributed by atoms with Gasteiger partial charge in [0.2, 0.25) is 0 Å². The van der Waals surface area contributed by atoms with E-state index in [0.717, 1.165) is 0 Å². The first kappa shape index (κ1) is 25.3. The van der Waals surface area contributed by atoms with Gasteiger partial charge in [-0.3, -0.25) is 19.3 Å². The molecule has 0 aromatic carbocycles. The molecule has 3 aliphatic rings. The number of rotatable bonds is 8. The van der Waals surface area contributed by atoms with Crippen LogP contribution in [0.25, 0.3) is 11.4 Å². The summed E-state index contributed by atoms with van der Waals surface area (Å²) in [6.07, 6.45) is -1.90. The Hall–Kier alpha value is -3.34. The molecule has 1 atom stereocenters. The molecule has 0 radical (unpaired) electrons. The lowest BCUT2D eigenvalue weighted by Crippen LogP contribution is -2.68. The number of Topliss-reactive ketones (excluding diaryl/α,β-unsaturated/α-hetero) is 1. The van der Waals surface area contributed by atoms with Gasteiger partial charge >= 0.3 is 12.1 Å². The third-order valence-corrected chi connectivity index (χ3v) is 7.71. The van der Waals surface area contributed by atoms with Crippen LogP contribution in [-0.2, 0) is 23.0 Å². The summed E-state index contributed by atoms with van der Waals surface area (Å²) in [5.74, 6) is -0.762. The number of alkyl halides is 3. The smallest absolute Gasteiger partial charge is 0.394 e. The number of aryl methyl sites for hydroxylation is 1. The second kappa shape index (κ2) is 8.90. The van der Waals surface area contributed by atoms with Gasteiger partial charge < -0.3 is 4.74 Å². The van der Waals surface area contributed by atoms with Gasteiger partial charge in [-0.25, -0.2) is 4.98 Å². The predicted molar refractivity (Wildman–Crippen MR) is 125 cm³/mol. The monoisotopic (exact) mass is 533 g/mol. The number of carbonyl (C=O) groups excluding carboxylic acids is 2. The third-order valence-electron chi connectivity index (χ3n) is 7.39. The highest BCUT2D eigenvalue weighted by atomic mass is 35.5. The summed E-state index contributed by atoms with van der Waals surface area (Å²) in [7, 11) is 1.63. The lowest BCUT2D eigenvalue weighted by molar-refractivity contribution is -0.361. The quantitative estimate of drug-likeness (QED) is 0.226. The number of aromatic nitrogens is 5. The largest absolute Gasteiger partial charge is 0.457 e. The Bertz CT molecular complexity index is 1350. The molecular weight excluding hydrogens is 511 g/mol. The van der Waals surface area contributed by atoms with Crippen LogP contribution in [0.4, 0.5) is 13.2 Å². The van der Waals surface area contributed by atoms with Crippen molar-refractivity contribution in [1.82, 2.24) is 25.0 Å². The summed E-state index contributed by atoms with van der Waals surface area (Å²) in [5.41, 5.74) is 0.000496. The number of hydrogen-bond acceptors (Lipinski definition) is 7. The molecule has 3 fully saturated rings. The highest BCUT2D eigenvalue weighted by Gasteiger charge is 2.78. The fourth-order valence-corrected chi connectivity index (χ4v) is 5.82. The molecule has 3 aromatic rings. The number of hydrogen-bond donors (Lipinski definition) is 0. The van der Waals surface area contributed by atoms with E-state index in [-0.39, 0.29) is 43.0 Å². The zero-order valence-corrected chi connectivity index (χ0v) is 20.8. The van der Waals surface area contributed by atoms with Crippen molar-refractivity contribution in [3.63, 3.8) is 0 Å². The highest BCUT2D eigenvalue weighted by Crippen LogP contribution is 2.79. The van der Waals surface area contributed by atoms with E-state index >= 15 is 0 Å². The van der Waals surface area contributed by atoms with Gasteiger partial charge in [0.15, 0.2) is 5.78 Å². The van der Waals surface area contributed by atoms with Gasteiger partial charge in [-0.05, 0) is 49.8 Å². The molecule has 0 amide bonds. The first-order valence-corrected chi connectivity index (χ1v) is 12.0. The number of halogens is 4. The van der Waals surface area contributed by atoms with Gasteiger partial charge in [0.05, 0.1) is 23.2 Å². The fraction of sp³-hybridized carbons (Fsp3) is 0.440.